The molecule has 0 unspecified atom stereocenters. The molecule has 1 fully saturated rings. The Bertz CT molecular complexity index is 1430. The number of nitrogens with one attached hydrogen (secondary N) is 2. The molecule has 2 amide bonds. The molecule has 0 radical (unpaired) electrons. The average Bonchev–Trinajstić information content (AvgIpc) is 3.00. The predicted molar refractivity (Wildman–Crippen MR) is 167 cm³/mol. The van der Waals surface area contributed by atoms with Gasteiger partial charge in [0.2, 0.25) is 0 Å². The van der Waals surface area contributed by atoms with Crippen molar-refractivity contribution >= 4 is 23.6 Å². The second-order valence-corrected chi connectivity index (χ2v) is 11.7. The van der Waals surface area contributed by atoms with Crippen LogP contribution in [-0.4, -0.2) is 55.8 Å². The van der Waals surface area contributed by atoms with Gasteiger partial charge in [-0.15, -0.1) is 0 Å². The fourth-order valence-corrected chi connectivity index (χ4v) is 6.36. The van der Waals surface area contributed by atoms with Gasteiger partial charge in [0.25, 0.3) is 5.91 Å². The van der Waals surface area contributed by atoms with Crippen LogP contribution in [0.3, 0.4) is 0 Å². The van der Waals surface area contributed by atoms with Crippen molar-refractivity contribution in [2.45, 2.75) is 51.2 Å². The number of halogens is 2. The number of aliphatic hydroxyl groups is 1. The Kier molecular flexibility index (Phi) is 11.2. The van der Waals surface area contributed by atoms with E-state index in [9.17, 15) is 14.7 Å². The standard InChI is InChI=1S/C34H41ClFN3O4/c1-23-8-4-9-24(18-23)19-28-29(11-5-12-30(28)35)34(42,15-7-16-38-33(41)43-3)26-10-6-17-39(22-26)32(40)27-14-13-25(21-37-2)20-31(27)36/h4-5,8-9,11-14,18,20,26,37,42H,6-7,10,15-17,19,21-22H2,1-3H3,(H,38,41)/t26-,34+/m1/s1. The fraction of sp³-hybridized carbons (Fsp3) is 0.412. The molecule has 1 saturated heterocycles. The van der Waals surface area contributed by atoms with Gasteiger partial charge in [-0.1, -0.05) is 59.6 Å². The Labute approximate surface area is 258 Å². The summed E-state index contributed by atoms with van der Waals surface area (Å²) in [4.78, 5) is 26.9. The van der Waals surface area contributed by atoms with Crippen LogP contribution in [0.15, 0.2) is 60.7 Å². The van der Waals surface area contributed by atoms with Crippen LogP contribution in [0.1, 0.15) is 63.9 Å². The van der Waals surface area contributed by atoms with Gasteiger partial charge in [-0.2, -0.15) is 0 Å². The minimum atomic E-state index is -1.37. The molecule has 230 valence electrons. The van der Waals surface area contributed by atoms with Crippen molar-refractivity contribution in [3.63, 3.8) is 0 Å². The van der Waals surface area contributed by atoms with E-state index in [0.717, 1.165) is 22.3 Å². The maximum atomic E-state index is 15.0. The zero-order valence-corrected chi connectivity index (χ0v) is 25.8. The number of ether oxygens (including phenoxy) is 1. The normalized spacial score (nSPS) is 16.4. The Balaban J connectivity index is 1.66. The number of benzene rings is 3. The second kappa shape index (κ2) is 14.8. The molecule has 0 bridgehead atoms. The maximum absolute atomic E-state index is 15.0. The first kappa shape index (κ1) is 32.5. The van der Waals surface area contributed by atoms with E-state index in [4.69, 9.17) is 16.3 Å². The van der Waals surface area contributed by atoms with Crippen LogP contribution in [-0.2, 0) is 23.3 Å². The minimum Gasteiger partial charge on any atom is -0.453 e. The summed E-state index contributed by atoms with van der Waals surface area (Å²) in [6.07, 6.45) is 2.10. The van der Waals surface area contributed by atoms with E-state index in [2.05, 4.69) is 16.7 Å². The van der Waals surface area contributed by atoms with Gasteiger partial charge in [-0.3, -0.25) is 4.79 Å². The van der Waals surface area contributed by atoms with Gasteiger partial charge in [0, 0.05) is 37.1 Å². The average molecular weight is 610 g/mol. The molecule has 43 heavy (non-hydrogen) atoms. The third kappa shape index (κ3) is 7.93. The third-order valence-electron chi connectivity index (χ3n) is 8.27. The highest BCUT2D eigenvalue weighted by atomic mass is 35.5. The van der Waals surface area contributed by atoms with Crippen LogP contribution in [0.25, 0.3) is 0 Å². The molecule has 7 nitrogen and oxygen atoms in total. The Hall–Kier alpha value is -3.46. The van der Waals surface area contributed by atoms with Gasteiger partial charge in [0.1, 0.15) is 5.82 Å². The number of amides is 2. The summed E-state index contributed by atoms with van der Waals surface area (Å²) >= 11 is 6.80. The van der Waals surface area contributed by atoms with Crippen molar-refractivity contribution in [3.8, 4) is 0 Å². The molecule has 2 atom stereocenters. The van der Waals surface area contributed by atoms with Crippen LogP contribution in [0.5, 0.6) is 0 Å². The van der Waals surface area contributed by atoms with Crippen molar-refractivity contribution < 1.29 is 23.8 Å². The number of likely N-dealkylation sites (tertiary alicyclic amines) is 1. The van der Waals surface area contributed by atoms with Crippen molar-refractivity contribution in [2.75, 3.05) is 33.8 Å². The Morgan fingerprint density at radius 2 is 1.93 bits per heavy atom. The van der Waals surface area contributed by atoms with Gasteiger partial charge in [-0.05, 0) is 86.5 Å². The van der Waals surface area contributed by atoms with Crippen LogP contribution >= 0.6 is 11.6 Å². The number of hydrogen-bond acceptors (Lipinski definition) is 5. The summed E-state index contributed by atoms with van der Waals surface area (Å²) in [6.45, 7) is 3.57. The van der Waals surface area contributed by atoms with Crippen LogP contribution in [0.2, 0.25) is 5.02 Å². The second-order valence-electron chi connectivity index (χ2n) is 11.3. The van der Waals surface area contributed by atoms with Gasteiger partial charge < -0.3 is 25.4 Å². The number of nitrogens with zero attached hydrogens (tertiary/aromatic N) is 1. The molecule has 1 aliphatic heterocycles. The molecule has 3 N–H and O–H groups in total. The summed E-state index contributed by atoms with van der Waals surface area (Å²) in [5, 5.41) is 18.9. The number of alkyl carbamates (subject to hydrolysis) is 1. The molecule has 0 aliphatic carbocycles. The fourth-order valence-electron chi connectivity index (χ4n) is 6.12. The van der Waals surface area contributed by atoms with E-state index in [-0.39, 0.29) is 23.9 Å². The number of methoxy groups -OCH3 is 1. The summed E-state index contributed by atoms with van der Waals surface area (Å²) < 4.78 is 19.7. The van der Waals surface area contributed by atoms with Crippen molar-refractivity contribution in [1.82, 2.24) is 15.5 Å². The molecule has 3 aromatic carbocycles. The highest BCUT2D eigenvalue weighted by Crippen LogP contribution is 2.43. The van der Waals surface area contributed by atoms with Crippen molar-refractivity contribution in [3.05, 3.63) is 105 Å². The summed E-state index contributed by atoms with van der Waals surface area (Å²) in [5.74, 6) is -1.29. The smallest absolute Gasteiger partial charge is 0.406 e. The Morgan fingerprint density at radius 3 is 2.65 bits per heavy atom. The molecule has 0 aromatic heterocycles. The molecule has 0 spiro atoms. The minimum absolute atomic E-state index is 0.0224. The molecule has 1 aliphatic rings. The molecular weight excluding hydrogens is 569 g/mol. The van der Waals surface area contributed by atoms with Crippen LogP contribution < -0.4 is 10.6 Å². The molecule has 0 saturated carbocycles. The van der Waals surface area contributed by atoms with E-state index in [1.807, 2.05) is 43.3 Å². The lowest BCUT2D eigenvalue weighted by atomic mass is 9.72. The van der Waals surface area contributed by atoms with E-state index >= 15 is 4.39 Å². The van der Waals surface area contributed by atoms with E-state index in [1.165, 1.54) is 19.2 Å². The summed E-state index contributed by atoms with van der Waals surface area (Å²) in [6, 6.07) is 18.4. The van der Waals surface area contributed by atoms with Gasteiger partial charge >= 0.3 is 6.09 Å². The number of carbonyl (C=O) groups is 2. The SMILES string of the molecule is CNCc1ccc(C(=O)N2CCC[C@@H]([C@@](O)(CCCNC(=O)OC)c3cccc(Cl)c3Cc3cccc(C)c3)C2)c(F)c1. The topological polar surface area (TPSA) is 90.9 Å². The summed E-state index contributed by atoms with van der Waals surface area (Å²) in [7, 11) is 3.09. The first-order valence-electron chi connectivity index (χ1n) is 14.8. The van der Waals surface area contributed by atoms with Gasteiger partial charge in [0.05, 0.1) is 18.3 Å². The molecule has 3 aromatic rings. The predicted octanol–water partition coefficient (Wildman–Crippen LogP) is 5.97. The van der Waals surface area contributed by atoms with Crippen molar-refractivity contribution in [1.29, 1.82) is 0 Å². The molecule has 4 rings (SSSR count). The zero-order chi connectivity index (χ0) is 31.0. The molecular formula is C34H41ClFN3O4. The van der Waals surface area contributed by atoms with Gasteiger partial charge in [0.15, 0.2) is 0 Å². The van der Waals surface area contributed by atoms with E-state index < -0.39 is 17.5 Å². The highest BCUT2D eigenvalue weighted by Gasteiger charge is 2.43. The largest absolute Gasteiger partial charge is 0.453 e. The first-order chi connectivity index (χ1) is 20.7. The van der Waals surface area contributed by atoms with E-state index in [1.54, 1.807) is 18.0 Å². The monoisotopic (exact) mass is 609 g/mol. The number of piperidine rings is 1. The van der Waals surface area contributed by atoms with Gasteiger partial charge in [-0.25, -0.2) is 9.18 Å². The number of rotatable bonds is 11. The summed E-state index contributed by atoms with van der Waals surface area (Å²) in [5.41, 5.74) is 3.15. The number of carbonyl (C=O) groups excluding carboxylic acids is 2. The van der Waals surface area contributed by atoms with Crippen molar-refractivity contribution in [2.24, 2.45) is 5.92 Å². The first-order valence-corrected chi connectivity index (χ1v) is 15.1. The third-order valence-corrected chi connectivity index (χ3v) is 8.62. The Morgan fingerprint density at radius 1 is 1.14 bits per heavy atom. The number of hydrogen-bond donors (Lipinski definition) is 3. The number of aryl methyl sites for hydroxylation is 1. The van der Waals surface area contributed by atoms with Crippen LogP contribution in [0, 0.1) is 18.7 Å². The molecule has 9 heteroatoms. The lowest BCUT2D eigenvalue weighted by molar-refractivity contribution is -0.0573. The quantitative estimate of drug-likeness (QED) is 0.233. The highest BCUT2D eigenvalue weighted by molar-refractivity contribution is 6.31. The lowest BCUT2D eigenvalue weighted by Gasteiger charge is -2.44. The molecule has 1 heterocycles. The maximum Gasteiger partial charge on any atom is 0.406 e. The van der Waals surface area contributed by atoms with Crippen LogP contribution in [0.4, 0.5) is 9.18 Å². The lowest BCUT2D eigenvalue weighted by Crippen LogP contribution is -2.49. The van der Waals surface area contributed by atoms with E-state index in [0.29, 0.717) is 62.3 Å². The zero-order valence-electron chi connectivity index (χ0n) is 25.1.